The Morgan fingerprint density at radius 1 is 1.36 bits per heavy atom. The topological polar surface area (TPSA) is 71.3 Å². The van der Waals surface area contributed by atoms with Gasteiger partial charge in [-0.3, -0.25) is 9.69 Å². The Kier molecular flexibility index (Phi) is 5.70. The van der Waals surface area contributed by atoms with E-state index in [1.165, 1.54) is 18.2 Å². The van der Waals surface area contributed by atoms with E-state index in [0.717, 1.165) is 30.8 Å². The van der Waals surface area contributed by atoms with Crippen LogP contribution in [-0.4, -0.2) is 40.6 Å². The highest BCUT2D eigenvalue weighted by Crippen LogP contribution is 2.29. The highest BCUT2D eigenvalue weighted by molar-refractivity contribution is 7.13. The van der Waals surface area contributed by atoms with E-state index < -0.39 is 5.82 Å². The Balaban J connectivity index is 1.28. The molecule has 1 aromatic carbocycles. The molecule has 1 amide bonds. The van der Waals surface area contributed by atoms with Crippen molar-refractivity contribution in [2.75, 3.05) is 25.0 Å². The zero-order valence-electron chi connectivity index (χ0n) is 14.9. The van der Waals surface area contributed by atoms with E-state index in [4.69, 9.17) is 16.1 Å². The molecule has 9 heteroatoms. The number of hydrogen-bond donors (Lipinski definition) is 1. The molecule has 0 atom stereocenters. The van der Waals surface area contributed by atoms with Gasteiger partial charge in [0, 0.05) is 11.6 Å². The molecule has 0 bridgehead atoms. The normalized spacial score (nSPS) is 15.6. The molecule has 0 aliphatic carbocycles. The molecule has 28 heavy (non-hydrogen) atoms. The van der Waals surface area contributed by atoms with Crippen LogP contribution in [0.15, 0.2) is 40.2 Å². The van der Waals surface area contributed by atoms with Crippen LogP contribution in [0.4, 0.5) is 10.1 Å². The Hall–Kier alpha value is -2.29. The van der Waals surface area contributed by atoms with Crippen LogP contribution in [-0.2, 0) is 4.79 Å². The van der Waals surface area contributed by atoms with Gasteiger partial charge in [0.15, 0.2) is 0 Å². The Labute approximate surface area is 170 Å². The van der Waals surface area contributed by atoms with Crippen LogP contribution in [0.1, 0.15) is 24.7 Å². The van der Waals surface area contributed by atoms with Gasteiger partial charge in [0.05, 0.1) is 16.4 Å². The van der Waals surface area contributed by atoms with E-state index in [1.807, 2.05) is 17.5 Å². The van der Waals surface area contributed by atoms with Gasteiger partial charge in [-0.15, -0.1) is 11.3 Å². The number of hydrogen-bond acceptors (Lipinski definition) is 6. The number of anilines is 1. The fourth-order valence-corrected chi connectivity index (χ4v) is 4.05. The maximum atomic E-state index is 13.2. The van der Waals surface area contributed by atoms with Crippen molar-refractivity contribution in [3.63, 3.8) is 0 Å². The lowest BCUT2D eigenvalue weighted by atomic mass is 9.97. The van der Waals surface area contributed by atoms with Crippen molar-refractivity contribution in [1.82, 2.24) is 15.0 Å². The molecule has 1 aliphatic rings. The number of aromatic nitrogens is 2. The van der Waals surface area contributed by atoms with Crippen LogP contribution in [0.5, 0.6) is 0 Å². The van der Waals surface area contributed by atoms with Crippen molar-refractivity contribution in [2.45, 2.75) is 18.8 Å². The third-order valence-electron chi connectivity index (χ3n) is 4.69. The molecule has 3 aromatic rings. The van der Waals surface area contributed by atoms with Crippen molar-refractivity contribution >= 4 is 34.5 Å². The van der Waals surface area contributed by atoms with E-state index >= 15 is 0 Å². The molecular formula is C19H18ClFN4O2S. The lowest BCUT2D eigenvalue weighted by Gasteiger charge is -2.29. The number of halogens is 2. The number of nitrogens with zero attached hydrogens (tertiary/aromatic N) is 3. The molecule has 1 aliphatic heterocycles. The summed E-state index contributed by atoms with van der Waals surface area (Å²) in [5.74, 6) is 0.832. The first-order valence-corrected chi connectivity index (χ1v) is 10.2. The summed E-state index contributed by atoms with van der Waals surface area (Å²) in [5, 5.41) is 8.79. The maximum Gasteiger partial charge on any atom is 0.238 e. The molecule has 3 heterocycles. The predicted octanol–water partition coefficient (Wildman–Crippen LogP) is 4.41. The fraction of sp³-hybridized carbons (Fsp3) is 0.316. The number of rotatable bonds is 5. The highest BCUT2D eigenvalue weighted by Gasteiger charge is 2.26. The summed E-state index contributed by atoms with van der Waals surface area (Å²) in [7, 11) is 0. The van der Waals surface area contributed by atoms with Gasteiger partial charge < -0.3 is 9.84 Å². The van der Waals surface area contributed by atoms with Crippen LogP contribution in [0.2, 0.25) is 5.02 Å². The molecule has 2 aromatic heterocycles. The monoisotopic (exact) mass is 420 g/mol. The quantitative estimate of drug-likeness (QED) is 0.662. The molecule has 1 N–H and O–H groups in total. The van der Waals surface area contributed by atoms with E-state index in [1.54, 1.807) is 11.3 Å². The number of amides is 1. The Bertz CT molecular complexity index is 955. The minimum absolute atomic E-state index is 0.0138. The second-order valence-corrected chi connectivity index (χ2v) is 8.02. The maximum absolute atomic E-state index is 13.2. The third-order valence-corrected chi connectivity index (χ3v) is 5.85. The molecule has 4 rings (SSSR count). The number of likely N-dealkylation sites (tertiary alicyclic amines) is 1. The molecular weight excluding hydrogens is 403 g/mol. The van der Waals surface area contributed by atoms with Crippen molar-refractivity contribution in [3.05, 3.63) is 52.4 Å². The largest absolute Gasteiger partial charge is 0.339 e. The lowest BCUT2D eigenvalue weighted by molar-refractivity contribution is -0.117. The number of piperidine rings is 1. The van der Waals surface area contributed by atoms with Gasteiger partial charge in [-0.2, -0.15) is 4.98 Å². The molecule has 0 spiro atoms. The zero-order chi connectivity index (χ0) is 19.5. The molecule has 1 saturated heterocycles. The summed E-state index contributed by atoms with van der Waals surface area (Å²) >= 11 is 7.32. The summed E-state index contributed by atoms with van der Waals surface area (Å²) in [5.41, 5.74) is 0.484. The second kappa shape index (κ2) is 8.38. The number of carbonyl (C=O) groups is 1. The fourth-order valence-electron chi connectivity index (χ4n) is 3.22. The first kappa shape index (κ1) is 19.0. The molecule has 6 nitrogen and oxygen atoms in total. The van der Waals surface area contributed by atoms with Crippen molar-refractivity contribution in [2.24, 2.45) is 0 Å². The number of carbonyl (C=O) groups excluding carboxylic acids is 1. The summed E-state index contributed by atoms with van der Waals surface area (Å²) in [6.07, 6.45) is 1.70. The summed E-state index contributed by atoms with van der Waals surface area (Å²) in [4.78, 5) is 19.8. The average molecular weight is 421 g/mol. The van der Waals surface area contributed by atoms with E-state index in [0.29, 0.717) is 17.4 Å². The molecule has 0 saturated carbocycles. The second-order valence-electron chi connectivity index (χ2n) is 6.66. The smallest absolute Gasteiger partial charge is 0.238 e. The number of benzene rings is 1. The molecule has 1 fully saturated rings. The summed E-state index contributed by atoms with van der Waals surface area (Å²) in [6.45, 7) is 1.80. The molecule has 146 valence electrons. The highest BCUT2D eigenvalue weighted by atomic mass is 35.5. The Morgan fingerprint density at radius 3 is 2.89 bits per heavy atom. The van der Waals surface area contributed by atoms with Crippen LogP contribution < -0.4 is 5.32 Å². The average Bonchev–Trinajstić information content (AvgIpc) is 3.37. The van der Waals surface area contributed by atoms with Crippen molar-refractivity contribution in [1.29, 1.82) is 0 Å². The van der Waals surface area contributed by atoms with Crippen LogP contribution in [0.25, 0.3) is 10.7 Å². The SMILES string of the molecule is O=C(CN1CCC(c2nc(-c3cccs3)no2)CC1)Nc1ccc(F)c(Cl)c1. The number of nitrogens with one attached hydrogen (secondary N) is 1. The molecule has 0 unspecified atom stereocenters. The van der Waals surface area contributed by atoms with Gasteiger partial charge in [0.1, 0.15) is 5.82 Å². The predicted molar refractivity (Wildman–Crippen MR) is 106 cm³/mol. The van der Waals surface area contributed by atoms with Crippen molar-refractivity contribution < 1.29 is 13.7 Å². The van der Waals surface area contributed by atoms with Crippen LogP contribution in [0, 0.1) is 5.82 Å². The van der Waals surface area contributed by atoms with E-state index in [9.17, 15) is 9.18 Å². The summed E-state index contributed by atoms with van der Waals surface area (Å²) in [6, 6.07) is 8.06. The van der Waals surface area contributed by atoms with Gasteiger partial charge in [-0.1, -0.05) is 22.8 Å². The van der Waals surface area contributed by atoms with Crippen LogP contribution >= 0.6 is 22.9 Å². The lowest BCUT2D eigenvalue weighted by Crippen LogP contribution is -2.38. The van der Waals surface area contributed by atoms with Gasteiger partial charge >= 0.3 is 0 Å². The van der Waals surface area contributed by atoms with Gasteiger partial charge in [0.2, 0.25) is 17.6 Å². The zero-order valence-corrected chi connectivity index (χ0v) is 16.5. The molecule has 0 radical (unpaired) electrons. The first-order valence-electron chi connectivity index (χ1n) is 8.93. The standard InChI is InChI=1S/C19H18ClFN4O2S/c20-14-10-13(3-4-15(14)21)22-17(26)11-25-7-5-12(6-8-25)19-23-18(24-27-19)16-2-1-9-28-16/h1-4,9-10,12H,5-8,11H2,(H,22,26). The summed E-state index contributed by atoms with van der Waals surface area (Å²) < 4.78 is 18.6. The minimum Gasteiger partial charge on any atom is -0.339 e. The minimum atomic E-state index is -0.509. The van der Waals surface area contributed by atoms with Crippen LogP contribution in [0.3, 0.4) is 0 Å². The van der Waals surface area contributed by atoms with Crippen molar-refractivity contribution in [3.8, 4) is 10.7 Å². The number of thiophene rings is 1. The first-order chi connectivity index (χ1) is 13.6. The van der Waals surface area contributed by atoms with Gasteiger partial charge in [0.25, 0.3) is 0 Å². The Morgan fingerprint density at radius 2 is 2.18 bits per heavy atom. The van der Waals surface area contributed by atoms with Gasteiger partial charge in [-0.25, -0.2) is 4.39 Å². The third kappa shape index (κ3) is 4.40. The van der Waals surface area contributed by atoms with E-state index in [-0.39, 0.29) is 23.4 Å². The van der Waals surface area contributed by atoms with Gasteiger partial charge in [-0.05, 0) is 55.6 Å². The van der Waals surface area contributed by atoms with E-state index in [2.05, 4.69) is 20.4 Å².